The Morgan fingerprint density at radius 2 is 2.50 bits per heavy atom. The third-order valence-electron chi connectivity index (χ3n) is 2.75. The van der Waals surface area contributed by atoms with Gasteiger partial charge in [-0.2, -0.15) is 0 Å². The fourth-order valence-corrected chi connectivity index (χ4v) is 2.03. The second-order valence-corrected chi connectivity index (χ2v) is 4.22. The van der Waals surface area contributed by atoms with Gasteiger partial charge in [0.15, 0.2) is 0 Å². The van der Waals surface area contributed by atoms with Gasteiger partial charge in [-0.15, -0.1) is 18.2 Å². The van der Waals surface area contributed by atoms with Gasteiger partial charge >= 0.3 is 0 Å². The van der Waals surface area contributed by atoms with E-state index < -0.39 is 0 Å². The Labute approximate surface area is 77.0 Å². The highest BCUT2D eigenvalue weighted by atomic mass is 35.5. The molecule has 2 heteroatoms. The summed E-state index contributed by atoms with van der Waals surface area (Å²) in [6.45, 7) is 5.87. The maximum atomic E-state index is 6.35. The Morgan fingerprint density at radius 3 is 2.92 bits per heavy atom. The van der Waals surface area contributed by atoms with Gasteiger partial charge in [0.25, 0.3) is 0 Å². The topological polar surface area (TPSA) is 13.1 Å². The van der Waals surface area contributed by atoms with E-state index in [1.807, 2.05) is 18.2 Å². The Hall–Kier alpha value is -0.690. The molecule has 0 bridgehead atoms. The van der Waals surface area contributed by atoms with Crippen LogP contribution in [0.4, 0.5) is 0 Å². The maximum Gasteiger partial charge on any atom is 0.125 e. The highest BCUT2D eigenvalue weighted by Crippen LogP contribution is 2.68. The fourth-order valence-electron chi connectivity index (χ4n) is 1.57. The monoisotopic (exact) mass is 182 g/mol. The van der Waals surface area contributed by atoms with E-state index in [4.69, 9.17) is 16.0 Å². The van der Waals surface area contributed by atoms with Crippen LogP contribution in [0, 0.1) is 5.41 Å². The van der Waals surface area contributed by atoms with Gasteiger partial charge in [-0.25, -0.2) is 0 Å². The molecule has 0 aromatic carbocycles. The van der Waals surface area contributed by atoms with E-state index in [0.717, 1.165) is 12.2 Å². The minimum absolute atomic E-state index is 0.00636. The summed E-state index contributed by atoms with van der Waals surface area (Å²) in [5.74, 6) is 0.853. The summed E-state index contributed by atoms with van der Waals surface area (Å²) >= 11 is 6.35. The standard InChI is InChI=1S/C10H11ClO/c1-3-9(2)7-10(9,11)8-5-4-6-12-8/h3-6H,1,7H2,2H3. The van der Waals surface area contributed by atoms with Crippen LogP contribution in [0.1, 0.15) is 19.1 Å². The molecule has 12 heavy (non-hydrogen) atoms. The lowest BCUT2D eigenvalue weighted by Gasteiger charge is -2.09. The van der Waals surface area contributed by atoms with E-state index in [0.29, 0.717) is 0 Å². The minimum atomic E-state index is -0.335. The van der Waals surface area contributed by atoms with Crippen LogP contribution < -0.4 is 0 Å². The third kappa shape index (κ3) is 0.802. The van der Waals surface area contributed by atoms with E-state index in [-0.39, 0.29) is 10.3 Å². The molecule has 0 saturated heterocycles. The Morgan fingerprint density at radius 1 is 1.75 bits per heavy atom. The highest BCUT2D eigenvalue weighted by Gasteiger charge is 2.64. The molecule has 0 amide bonds. The first kappa shape index (κ1) is 7.93. The molecule has 0 spiro atoms. The van der Waals surface area contributed by atoms with Crippen LogP contribution in [0.3, 0.4) is 0 Å². The van der Waals surface area contributed by atoms with Crippen molar-refractivity contribution in [3.8, 4) is 0 Å². The zero-order chi connectivity index (χ0) is 8.82. The number of alkyl halides is 1. The van der Waals surface area contributed by atoms with Gasteiger partial charge in [0.1, 0.15) is 10.6 Å². The average Bonchev–Trinajstić information content (AvgIpc) is 2.56. The predicted octanol–water partition coefficient (Wildman–Crippen LogP) is 3.31. The number of halogens is 1. The lowest BCUT2D eigenvalue weighted by molar-refractivity contribution is 0.475. The van der Waals surface area contributed by atoms with Crippen molar-refractivity contribution in [3.63, 3.8) is 0 Å². The van der Waals surface area contributed by atoms with Crippen LogP contribution in [0.25, 0.3) is 0 Å². The van der Waals surface area contributed by atoms with E-state index >= 15 is 0 Å². The van der Waals surface area contributed by atoms with Gasteiger partial charge in [-0.3, -0.25) is 0 Å². The molecular formula is C10H11ClO. The second-order valence-electron chi connectivity index (χ2n) is 3.58. The first-order valence-electron chi connectivity index (χ1n) is 3.99. The molecule has 1 aromatic rings. The van der Waals surface area contributed by atoms with Gasteiger partial charge in [-0.05, 0) is 18.6 Å². The minimum Gasteiger partial charge on any atom is -0.467 e. The first-order chi connectivity index (χ1) is 5.62. The average molecular weight is 183 g/mol. The molecule has 2 atom stereocenters. The number of allylic oxidation sites excluding steroid dienone is 1. The van der Waals surface area contributed by atoms with Crippen molar-refractivity contribution in [2.75, 3.05) is 0 Å². The maximum absolute atomic E-state index is 6.35. The molecule has 1 fully saturated rings. The highest BCUT2D eigenvalue weighted by molar-refractivity contribution is 6.26. The van der Waals surface area contributed by atoms with Crippen molar-refractivity contribution >= 4 is 11.6 Å². The fraction of sp³-hybridized carbons (Fsp3) is 0.400. The first-order valence-corrected chi connectivity index (χ1v) is 4.37. The molecule has 1 aromatic heterocycles. The van der Waals surface area contributed by atoms with Crippen molar-refractivity contribution in [3.05, 3.63) is 36.8 Å². The molecule has 2 unspecified atom stereocenters. The van der Waals surface area contributed by atoms with E-state index in [1.54, 1.807) is 6.26 Å². The summed E-state index contributed by atoms with van der Waals surface area (Å²) < 4.78 is 5.28. The second kappa shape index (κ2) is 2.17. The van der Waals surface area contributed by atoms with Gasteiger partial charge in [0.2, 0.25) is 0 Å². The zero-order valence-corrected chi connectivity index (χ0v) is 7.77. The van der Waals surface area contributed by atoms with Crippen LogP contribution in [0.2, 0.25) is 0 Å². The van der Waals surface area contributed by atoms with Crippen molar-refractivity contribution in [1.29, 1.82) is 0 Å². The molecular weight excluding hydrogens is 172 g/mol. The normalized spacial score (nSPS) is 39.5. The van der Waals surface area contributed by atoms with Crippen molar-refractivity contribution in [2.24, 2.45) is 5.41 Å². The molecule has 64 valence electrons. The van der Waals surface area contributed by atoms with Gasteiger partial charge in [0.05, 0.1) is 6.26 Å². The Balaban J connectivity index is 2.34. The quantitative estimate of drug-likeness (QED) is 0.505. The van der Waals surface area contributed by atoms with E-state index in [1.165, 1.54) is 0 Å². The zero-order valence-electron chi connectivity index (χ0n) is 7.01. The largest absolute Gasteiger partial charge is 0.467 e. The number of hydrogen-bond donors (Lipinski definition) is 0. The summed E-state index contributed by atoms with van der Waals surface area (Å²) in [7, 11) is 0. The van der Waals surface area contributed by atoms with Crippen LogP contribution in [0.5, 0.6) is 0 Å². The number of furan rings is 1. The van der Waals surface area contributed by atoms with Gasteiger partial charge < -0.3 is 4.42 Å². The Bertz CT molecular complexity index is 304. The summed E-state index contributed by atoms with van der Waals surface area (Å²) in [4.78, 5) is -0.335. The molecule has 0 aliphatic heterocycles. The molecule has 1 aliphatic rings. The van der Waals surface area contributed by atoms with Crippen molar-refractivity contribution < 1.29 is 4.42 Å². The van der Waals surface area contributed by atoms with Gasteiger partial charge in [0, 0.05) is 5.41 Å². The van der Waals surface area contributed by atoms with Crippen molar-refractivity contribution in [2.45, 2.75) is 18.2 Å². The van der Waals surface area contributed by atoms with Crippen LogP contribution >= 0.6 is 11.6 Å². The van der Waals surface area contributed by atoms with E-state index in [9.17, 15) is 0 Å². The number of hydrogen-bond acceptors (Lipinski definition) is 1. The summed E-state index contributed by atoms with van der Waals surface area (Å²) in [6.07, 6.45) is 4.47. The number of rotatable bonds is 2. The van der Waals surface area contributed by atoms with Crippen LogP contribution in [-0.2, 0) is 4.87 Å². The van der Waals surface area contributed by atoms with Crippen LogP contribution in [0.15, 0.2) is 35.5 Å². The molecule has 1 saturated carbocycles. The molecule has 0 N–H and O–H groups in total. The smallest absolute Gasteiger partial charge is 0.125 e. The predicted molar refractivity (Wildman–Crippen MR) is 49.2 cm³/mol. The summed E-state index contributed by atoms with van der Waals surface area (Å²) in [6, 6.07) is 3.78. The third-order valence-corrected chi connectivity index (χ3v) is 3.50. The molecule has 0 radical (unpaired) electrons. The lowest BCUT2D eigenvalue weighted by atomic mass is 10.1. The molecule has 1 nitrogen and oxygen atoms in total. The van der Waals surface area contributed by atoms with Crippen molar-refractivity contribution in [1.82, 2.24) is 0 Å². The molecule has 2 rings (SSSR count). The lowest BCUT2D eigenvalue weighted by Crippen LogP contribution is -2.05. The molecule has 1 heterocycles. The summed E-state index contributed by atoms with van der Waals surface area (Å²) in [5.41, 5.74) is 0.00636. The molecule has 1 aliphatic carbocycles. The van der Waals surface area contributed by atoms with E-state index in [2.05, 4.69) is 13.5 Å². The van der Waals surface area contributed by atoms with Gasteiger partial charge in [-0.1, -0.05) is 13.0 Å². The SMILES string of the molecule is C=CC1(C)CC1(Cl)c1ccco1. The Kier molecular flexibility index (Phi) is 1.43. The summed E-state index contributed by atoms with van der Waals surface area (Å²) in [5, 5.41) is 0. The van der Waals surface area contributed by atoms with Crippen LogP contribution in [-0.4, -0.2) is 0 Å².